The third-order valence-corrected chi connectivity index (χ3v) is 3.58. The molecule has 0 aliphatic heterocycles. The fraction of sp³-hybridized carbons (Fsp3) is 0.133. The maximum absolute atomic E-state index is 13.2. The van der Waals surface area contributed by atoms with Crippen LogP contribution in [0.4, 0.5) is 18.9 Å². The molecule has 0 aliphatic rings. The lowest BCUT2D eigenvalue weighted by molar-refractivity contribution is -0.0495. The van der Waals surface area contributed by atoms with Gasteiger partial charge in [-0.3, -0.25) is 9.48 Å². The molecular formula is C15H11BrF3N5O2. The topological polar surface area (TPSA) is 74.0 Å². The van der Waals surface area contributed by atoms with E-state index in [-0.39, 0.29) is 18.1 Å². The molecule has 0 fully saturated rings. The molecule has 2 heterocycles. The fourth-order valence-corrected chi connectivity index (χ4v) is 2.43. The standard InChI is InChI=1S/C15H11BrF3N5O2/c16-9-6-20-24(7-9)8-23-4-3-12(22-23)14(25)21-11-2-1-10(17)5-13(11)26-15(18)19/h1-7,15H,8H2,(H,21,25). The first-order valence-electron chi connectivity index (χ1n) is 7.18. The number of rotatable bonds is 6. The molecule has 0 aliphatic carbocycles. The Kier molecular flexibility index (Phi) is 5.26. The number of hydrogen-bond donors (Lipinski definition) is 1. The van der Waals surface area contributed by atoms with Crippen molar-refractivity contribution in [1.29, 1.82) is 0 Å². The van der Waals surface area contributed by atoms with Crippen molar-refractivity contribution in [2.45, 2.75) is 13.3 Å². The highest BCUT2D eigenvalue weighted by Gasteiger charge is 2.16. The lowest BCUT2D eigenvalue weighted by atomic mass is 10.2. The number of carbonyl (C=O) groups excluding carboxylic acids is 1. The molecule has 7 nitrogen and oxygen atoms in total. The molecule has 0 spiro atoms. The second-order valence-electron chi connectivity index (χ2n) is 5.05. The molecule has 1 amide bonds. The second kappa shape index (κ2) is 7.60. The monoisotopic (exact) mass is 429 g/mol. The van der Waals surface area contributed by atoms with Crippen molar-refractivity contribution < 1.29 is 22.7 Å². The number of alkyl halides is 2. The van der Waals surface area contributed by atoms with Crippen LogP contribution in [-0.4, -0.2) is 32.1 Å². The maximum atomic E-state index is 13.2. The molecule has 0 saturated carbocycles. The van der Waals surface area contributed by atoms with E-state index in [1.807, 2.05) is 0 Å². The van der Waals surface area contributed by atoms with E-state index >= 15 is 0 Å². The van der Waals surface area contributed by atoms with Gasteiger partial charge in [-0.2, -0.15) is 19.0 Å². The van der Waals surface area contributed by atoms with E-state index in [1.54, 1.807) is 23.3 Å². The smallest absolute Gasteiger partial charge is 0.387 e. The molecular weight excluding hydrogens is 419 g/mol. The van der Waals surface area contributed by atoms with Crippen molar-refractivity contribution in [2.75, 3.05) is 5.32 Å². The number of anilines is 1. The summed E-state index contributed by atoms with van der Waals surface area (Å²) in [5, 5.41) is 10.5. The van der Waals surface area contributed by atoms with Gasteiger partial charge >= 0.3 is 6.61 Å². The second-order valence-corrected chi connectivity index (χ2v) is 5.97. The zero-order valence-corrected chi connectivity index (χ0v) is 14.5. The van der Waals surface area contributed by atoms with Crippen LogP contribution in [0.5, 0.6) is 5.75 Å². The summed E-state index contributed by atoms with van der Waals surface area (Å²) < 4.78 is 46.1. The molecule has 1 aromatic carbocycles. The maximum Gasteiger partial charge on any atom is 0.387 e. The Morgan fingerprint density at radius 3 is 2.81 bits per heavy atom. The van der Waals surface area contributed by atoms with E-state index in [0.29, 0.717) is 0 Å². The Morgan fingerprint density at radius 2 is 2.12 bits per heavy atom. The number of nitrogens with zero attached hydrogens (tertiary/aromatic N) is 4. The zero-order valence-electron chi connectivity index (χ0n) is 12.9. The first-order chi connectivity index (χ1) is 12.4. The van der Waals surface area contributed by atoms with Gasteiger partial charge in [-0.05, 0) is 34.1 Å². The first-order valence-corrected chi connectivity index (χ1v) is 7.97. The quantitative estimate of drug-likeness (QED) is 0.651. The molecule has 2 aromatic heterocycles. The summed E-state index contributed by atoms with van der Waals surface area (Å²) in [6, 6.07) is 4.35. The van der Waals surface area contributed by atoms with Gasteiger partial charge in [-0.1, -0.05) is 0 Å². The lowest BCUT2D eigenvalue weighted by Gasteiger charge is -2.11. The van der Waals surface area contributed by atoms with Gasteiger partial charge < -0.3 is 10.1 Å². The van der Waals surface area contributed by atoms with Crippen LogP contribution in [-0.2, 0) is 6.67 Å². The van der Waals surface area contributed by atoms with Crippen LogP contribution in [0.3, 0.4) is 0 Å². The van der Waals surface area contributed by atoms with Gasteiger partial charge in [0.25, 0.3) is 5.91 Å². The van der Waals surface area contributed by atoms with Crippen molar-refractivity contribution in [2.24, 2.45) is 0 Å². The minimum Gasteiger partial charge on any atom is -0.432 e. The molecule has 0 radical (unpaired) electrons. The van der Waals surface area contributed by atoms with Gasteiger partial charge in [-0.25, -0.2) is 9.07 Å². The molecule has 0 unspecified atom stereocenters. The zero-order chi connectivity index (χ0) is 18.7. The summed E-state index contributed by atoms with van der Waals surface area (Å²) in [5.41, 5.74) is -0.0502. The average molecular weight is 430 g/mol. The first kappa shape index (κ1) is 18.0. The number of ether oxygens (including phenoxy) is 1. The summed E-state index contributed by atoms with van der Waals surface area (Å²) in [5.74, 6) is -1.90. The van der Waals surface area contributed by atoms with Gasteiger partial charge in [0.05, 0.1) is 16.4 Å². The summed E-state index contributed by atoms with van der Waals surface area (Å²) in [7, 11) is 0. The van der Waals surface area contributed by atoms with Crippen LogP contribution in [0.25, 0.3) is 0 Å². The Bertz CT molecular complexity index is 928. The van der Waals surface area contributed by atoms with Gasteiger partial charge in [0.2, 0.25) is 0 Å². The van der Waals surface area contributed by atoms with E-state index in [0.717, 1.165) is 22.7 Å². The Hall–Kier alpha value is -2.82. The summed E-state index contributed by atoms with van der Waals surface area (Å²) in [6.45, 7) is -2.88. The van der Waals surface area contributed by atoms with Crippen molar-refractivity contribution in [1.82, 2.24) is 19.6 Å². The average Bonchev–Trinajstić information content (AvgIpc) is 3.19. The predicted molar refractivity (Wildman–Crippen MR) is 88.5 cm³/mol. The summed E-state index contributed by atoms with van der Waals surface area (Å²) in [6.07, 6.45) is 4.90. The predicted octanol–water partition coefficient (Wildman–Crippen LogP) is 3.34. The number of halogens is 4. The third kappa shape index (κ3) is 4.42. The molecule has 26 heavy (non-hydrogen) atoms. The van der Waals surface area contributed by atoms with Crippen molar-refractivity contribution in [3.05, 3.63) is 58.8 Å². The molecule has 1 N–H and O–H groups in total. The molecule has 0 atom stereocenters. The van der Waals surface area contributed by atoms with E-state index in [1.165, 1.54) is 10.7 Å². The van der Waals surface area contributed by atoms with Gasteiger partial charge in [-0.15, -0.1) is 0 Å². The van der Waals surface area contributed by atoms with Crippen LogP contribution in [0.2, 0.25) is 0 Å². The van der Waals surface area contributed by atoms with Crippen LogP contribution in [0.15, 0.2) is 47.3 Å². The third-order valence-electron chi connectivity index (χ3n) is 3.17. The molecule has 0 saturated heterocycles. The SMILES string of the molecule is O=C(Nc1ccc(F)cc1OC(F)F)c1ccn(Cn2cc(Br)cn2)n1. The molecule has 136 valence electrons. The highest BCUT2D eigenvalue weighted by Crippen LogP contribution is 2.27. The van der Waals surface area contributed by atoms with E-state index in [9.17, 15) is 18.0 Å². The minimum absolute atomic E-state index is 0.0449. The van der Waals surface area contributed by atoms with Gasteiger partial charge in [0.1, 0.15) is 12.5 Å². The highest BCUT2D eigenvalue weighted by molar-refractivity contribution is 9.10. The van der Waals surface area contributed by atoms with Gasteiger partial charge in [0.15, 0.2) is 11.4 Å². The molecule has 3 rings (SSSR count). The molecule has 11 heteroatoms. The number of aromatic nitrogens is 4. The van der Waals surface area contributed by atoms with E-state index in [4.69, 9.17) is 0 Å². The van der Waals surface area contributed by atoms with Crippen LogP contribution >= 0.6 is 15.9 Å². The van der Waals surface area contributed by atoms with Crippen LogP contribution in [0.1, 0.15) is 10.5 Å². The number of nitrogens with one attached hydrogen (secondary N) is 1. The van der Waals surface area contributed by atoms with Crippen molar-refractivity contribution in [3.63, 3.8) is 0 Å². The van der Waals surface area contributed by atoms with Crippen molar-refractivity contribution in [3.8, 4) is 5.75 Å². The van der Waals surface area contributed by atoms with Crippen molar-refractivity contribution >= 4 is 27.5 Å². The van der Waals surface area contributed by atoms with Crippen LogP contribution in [0, 0.1) is 5.82 Å². The normalized spacial score (nSPS) is 11.0. The van der Waals surface area contributed by atoms with Gasteiger partial charge in [0, 0.05) is 18.5 Å². The Labute approximate surface area is 153 Å². The lowest BCUT2D eigenvalue weighted by Crippen LogP contribution is -2.16. The summed E-state index contributed by atoms with van der Waals surface area (Å²) >= 11 is 3.27. The van der Waals surface area contributed by atoms with E-state index in [2.05, 4.69) is 36.2 Å². The molecule has 0 bridgehead atoms. The number of hydrogen-bond acceptors (Lipinski definition) is 4. The fourth-order valence-electron chi connectivity index (χ4n) is 2.10. The Morgan fingerprint density at radius 1 is 1.31 bits per heavy atom. The van der Waals surface area contributed by atoms with Crippen LogP contribution < -0.4 is 10.1 Å². The number of amides is 1. The highest BCUT2D eigenvalue weighted by atomic mass is 79.9. The number of carbonyl (C=O) groups is 1. The largest absolute Gasteiger partial charge is 0.432 e. The number of benzene rings is 1. The minimum atomic E-state index is -3.15. The summed E-state index contributed by atoms with van der Waals surface area (Å²) in [4.78, 5) is 12.3. The Balaban J connectivity index is 1.72. The molecule has 3 aromatic rings. The van der Waals surface area contributed by atoms with E-state index < -0.39 is 24.1 Å².